The van der Waals surface area contributed by atoms with Crippen LogP contribution in [0, 0.1) is 5.92 Å². The van der Waals surface area contributed by atoms with Crippen molar-refractivity contribution < 1.29 is 4.79 Å². The van der Waals surface area contributed by atoms with Crippen molar-refractivity contribution in [3.05, 3.63) is 38.2 Å². The summed E-state index contributed by atoms with van der Waals surface area (Å²) < 4.78 is 1.44. The maximum atomic E-state index is 13.1. The fourth-order valence-corrected chi connectivity index (χ4v) is 2.84. The number of carbonyl (C=O) groups excluding carboxylic acids is 1. The van der Waals surface area contributed by atoms with Crippen LogP contribution in [0.25, 0.3) is 11.0 Å². The van der Waals surface area contributed by atoms with E-state index in [1.165, 1.54) is 9.47 Å². The summed E-state index contributed by atoms with van der Waals surface area (Å²) in [5.74, 6) is -0.122. The molecule has 2 aromatic heterocycles. The Morgan fingerprint density at radius 3 is 2.28 bits per heavy atom. The second kappa shape index (κ2) is 10.8. The molecule has 1 atom stereocenters. The average Bonchev–Trinajstić information content (AvgIpc) is 2.61. The number of hydrogen-bond donors (Lipinski definition) is 2. The van der Waals surface area contributed by atoms with E-state index in [0.29, 0.717) is 18.8 Å². The van der Waals surface area contributed by atoms with Gasteiger partial charge in [-0.2, -0.15) is 0 Å². The van der Waals surface area contributed by atoms with E-state index in [1.807, 2.05) is 34.6 Å². The first kappa shape index (κ1) is 27.1. The predicted molar refractivity (Wildman–Crippen MR) is 121 cm³/mol. The summed E-state index contributed by atoms with van der Waals surface area (Å²) in [6.45, 7) is 10.4. The highest BCUT2D eigenvalue weighted by molar-refractivity contribution is 6.05. The minimum atomic E-state index is -0.602. The SMILES string of the molecule is CC(C)Cn1c(=O)[nH]c(=O)c2c(C(=O)N(C)C(C)CN)cc(C(C)C)nc21.Cl.Cl. The number of nitrogens with zero attached hydrogens (tertiary/aromatic N) is 3. The van der Waals surface area contributed by atoms with E-state index in [1.54, 1.807) is 13.1 Å². The van der Waals surface area contributed by atoms with Gasteiger partial charge in [0.05, 0.1) is 10.9 Å². The lowest BCUT2D eigenvalue weighted by molar-refractivity contribution is 0.0750. The third-order valence-electron chi connectivity index (χ3n) is 4.66. The fraction of sp³-hybridized carbons (Fsp3) is 0.579. The highest BCUT2D eigenvalue weighted by Gasteiger charge is 2.24. The molecule has 1 amide bonds. The number of nitrogens with one attached hydrogen (secondary N) is 1. The van der Waals surface area contributed by atoms with Crippen LogP contribution in [-0.2, 0) is 6.54 Å². The van der Waals surface area contributed by atoms with E-state index < -0.39 is 11.2 Å². The summed E-state index contributed by atoms with van der Waals surface area (Å²) in [7, 11) is 1.65. The van der Waals surface area contributed by atoms with Gasteiger partial charge < -0.3 is 10.6 Å². The van der Waals surface area contributed by atoms with Crippen LogP contribution in [0.15, 0.2) is 15.7 Å². The van der Waals surface area contributed by atoms with Gasteiger partial charge in [0.1, 0.15) is 0 Å². The summed E-state index contributed by atoms with van der Waals surface area (Å²) in [6.07, 6.45) is 0. The number of nitrogens with two attached hydrogens (primary N) is 1. The first-order chi connectivity index (χ1) is 12.6. The first-order valence-corrected chi connectivity index (χ1v) is 9.23. The van der Waals surface area contributed by atoms with E-state index in [2.05, 4.69) is 9.97 Å². The molecule has 2 aromatic rings. The third kappa shape index (κ3) is 5.58. The van der Waals surface area contributed by atoms with Gasteiger partial charge in [-0.1, -0.05) is 27.7 Å². The van der Waals surface area contributed by atoms with Gasteiger partial charge in [-0.25, -0.2) is 9.78 Å². The van der Waals surface area contributed by atoms with Crippen LogP contribution < -0.4 is 17.0 Å². The van der Waals surface area contributed by atoms with Crippen LogP contribution in [0.3, 0.4) is 0 Å². The second-order valence-corrected chi connectivity index (χ2v) is 7.71. The van der Waals surface area contributed by atoms with Crippen LogP contribution in [0.5, 0.6) is 0 Å². The number of pyridine rings is 1. The van der Waals surface area contributed by atoms with Gasteiger partial charge in [0.15, 0.2) is 5.65 Å². The number of aromatic amines is 1. The van der Waals surface area contributed by atoms with Crippen LogP contribution in [0.4, 0.5) is 0 Å². The molecule has 0 aliphatic carbocycles. The Morgan fingerprint density at radius 2 is 1.79 bits per heavy atom. The molecule has 3 N–H and O–H groups in total. The predicted octanol–water partition coefficient (Wildman–Crippen LogP) is 2.13. The van der Waals surface area contributed by atoms with Crippen molar-refractivity contribution in [2.24, 2.45) is 11.7 Å². The molecule has 0 aliphatic heterocycles. The first-order valence-electron chi connectivity index (χ1n) is 9.23. The topological polar surface area (TPSA) is 114 Å². The average molecular weight is 448 g/mol. The molecule has 2 heterocycles. The van der Waals surface area contributed by atoms with Crippen molar-refractivity contribution in [1.29, 1.82) is 0 Å². The number of H-pyrrole nitrogens is 1. The summed E-state index contributed by atoms with van der Waals surface area (Å²) >= 11 is 0. The monoisotopic (exact) mass is 447 g/mol. The molecule has 1 unspecified atom stereocenters. The van der Waals surface area contributed by atoms with E-state index in [9.17, 15) is 14.4 Å². The largest absolute Gasteiger partial charge is 0.338 e. The lowest BCUT2D eigenvalue weighted by Gasteiger charge is -2.25. The van der Waals surface area contributed by atoms with Crippen molar-refractivity contribution in [1.82, 2.24) is 19.4 Å². The Bertz CT molecular complexity index is 969. The molecular formula is C19H31Cl2N5O3. The summed E-state index contributed by atoms with van der Waals surface area (Å²) in [5, 5.41) is 0.140. The van der Waals surface area contributed by atoms with Gasteiger partial charge >= 0.3 is 5.69 Å². The number of hydrogen-bond acceptors (Lipinski definition) is 5. The second-order valence-electron chi connectivity index (χ2n) is 7.71. The van der Waals surface area contributed by atoms with Gasteiger partial charge in [0.25, 0.3) is 11.5 Å². The summed E-state index contributed by atoms with van der Waals surface area (Å²) in [4.78, 5) is 46.5. The van der Waals surface area contributed by atoms with Crippen molar-refractivity contribution in [3.63, 3.8) is 0 Å². The lowest BCUT2D eigenvalue weighted by Crippen LogP contribution is -2.41. The quantitative estimate of drug-likeness (QED) is 0.703. The minimum absolute atomic E-state index is 0. The molecule has 8 nitrogen and oxygen atoms in total. The van der Waals surface area contributed by atoms with E-state index in [-0.39, 0.29) is 65.2 Å². The minimum Gasteiger partial charge on any atom is -0.338 e. The van der Waals surface area contributed by atoms with E-state index >= 15 is 0 Å². The molecule has 164 valence electrons. The van der Waals surface area contributed by atoms with Gasteiger partial charge in [-0.15, -0.1) is 24.8 Å². The molecule has 29 heavy (non-hydrogen) atoms. The van der Waals surface area contributed by atoms with Crippen molar-refractivity contribution in [2.45, 2.75) is 53.1 Å². The Morgan fingerprint density at radius 1 is 1.21 bits per heavy atom. The van der Waals surface area contributed by atoms with E-state index in [0.717, 1.165) is 0 Å². The molecule has 0 spiro atoms. The molecule has 0 aromatic carbocycles. The number of likely N-dealkylation sites (N-methyl/N-ethyl adjacent to an activating group) is 1. The van der Waals surface area contributed by atoms with Crippen LogP contribution in [0.2, 0.25) is 0 Å². The Balaban J connectivity index is 0.00000392. The molecule has 0 bridgehead atoms. The highest BCUT2D eigenvalue weighted by Crippen LogP contribution is 2.21. The van der Waals surface area contributed by atoms with Crippen LogP contribution >= 0.6 is 24.8 Å². The summed E-state index contributed by atoms with van der Waals surface area (Å²) in [5.41, 5.74) is 5.72. The van der Waals surface area contributed by atoms with Gasteiger partial charge in [-0.3, -0.25) is 19.1 Å². The van der Waals surface area contributed by atoms with Gasteiger partial charge in [-0.05, 0) is 24.8 Å². The standard InChI is InChI=1S/C19H29N5O3.2ClH/c1-10(2)9-24-16-15(17(25)22-19(24)27)13(7-14(21-16)11(3)4)18(26)23(6)12(5)8-20;;/h7,10-12H,8-9,20H2,1-6H3,(H,22,25,27);2*1H. The molecule has 10 heteroatoms. The fourth-order valence-electron chi connectivity index (χ4n) is 2.84. The number of carbonyl (C=O) groups is 1. The van der Waals surface area contributed by atoms with Crippen LogP contribution in [0.1, 0.15) is 56.6 Å². The molecule has 0 radical (unpaired) electrons. The van der Waals surface area contributed by atoms with Crippen molar-refractivity contribution in [3.8, 4) is 0 Å². The third-order valence-corrected chi connectivity index (χ3v) is 4.66. The Labute approximate surface area is 182 Å². The molecule has 0 fully saturated rings. The molecule has 0 aliphatic rings. The molecule has 2 rings (SSSR count). The molecule has 0 saturated carbocycles. The Kier molecular flexibility index (Phi) is 10.1. The normalized spacial score (nSPS) is 11.9. The Hall–Kier alpha value is -1.90. The number of amides is 1. The van der Waals surface area contributed by atoms with E-state index in [4.69, 9.17) is 5.73 Å². The maximum Gasteiger partial charge on any atom is 0.330 e. The summed E-state index contributed by atoms with van der Waals surface area (Å²) in [6, 6.07) is 1.46. The number of aromatic nitrogens is 3. The smallest absolute Gasteiger partial charge is 0.330 e. The van der Waals surface area contributed by atoms with Crippen molar-refractivity contribution >= 4 is 41.8 Å². The molecular weight excluding hydrogens is 417 g/mol. The maximum absolute atomic E-state index is 13.1. The lowest BCUT2D eigenvalue weighted by atomic mass is 10.0. The van der Waals surface area contributed by atoms with Crippen molar-refractivity contribution in [2.75, 3.05) is 13.6 Å². The van der Waals surface area contributed by atoms with Gasteiger partial charge in [0, 0.05) is 31.9 Å². The highest BCUT2D eigenvalue weighted by atomic mass is 35.5. The zero-order valence-corrected chi connectivity index (χ0v) is 19.3. The zero-order chi connectivity index (χ0) is 20.5. The number of rotatable bonds is 6. The molecule has 0 saturated heterocycles. The van der Waals surface area contributed by atoms with Crippen LogP contribution in [-0.4, -0.2) is 45.0 Å². The number of fused-ring (bicyclic) bond motifs is 1. The zero-order valence-electron chi connectivity index (χ0n) is 17.7. The van der Waals surface area contributed by atoms with Gasteiger partial charge in [0.2, 0.25) is 0 Å². The number of halogens is 2.